The predicted molar refractivity (Wildman–Crippen MR) is 68.3 cm³/mol. The van der Waals surface area contributed by atoms with E-state index in [2.05, 4.69) is 21.2 Å². The summed E-state index contributed by atoms with van der Waals surface area (Å²) in [6.45, 7) is 2.01. The number of anilines is 1. The summed E-state index contributed by atoms with van der Waals surface area (Å²) in [5.41, 5.74) is 7.23. The molecule has 0 saturated heterocycles. The van der Waals surface area contributed by atoms with Crippen LogP contribution in [0.1, 0.15) is 24.8 Å². The van der Waals surface area contributed by atoms with Crippen molar-refractivity contribution >= 4 is 27.5 Å². The molecule has 2 rings (SSSR count). The molecule has 4 heteroatoms. The van der Waals surface area contributed by atoms with Crippen molar-refractivity contribution in [1.29, 1.82) is 0 Å². The Bertz CT molecular complexity index is 427. The zero-order valence-corrected chi connectivity index (χ0v) is 10.8. The Morgan fingerprint density at radius 3 is 2.69 bits per heavy atom. The summed E-state index contributed by atoms with van der Waals surface area (Å²) in [7, 11) is 0. The second kappa shape index (κ2) is 4.18. The van der Waals surface area contributed by atoms with E-state index in [0.717, 1.165) is 35.0 Å². The molecule has 1 aromatic carbocycles. The molecule has 0 aromatic heterocycles. The van der Waals surface area contributed by atoms with Crippen LogP contribution in [-0.4, -0.2) is 11.4 Å². The molecule has 1 aromatic rings. The number of nitrogens with one attached hydrogen (secondary N) is 1. The number of aryl methyl sites for hydroxylation is 1. The van der Waals surface area contributed by atoms with E-state index < -0.39 is 5.54 Å². The van der Waals surface area contributed by atoms with Gasteiger partial charge in [-0.2, -0.15) is 0 Å². The predicted octanol–water partition coefficient (Wildman–Crippen LogP) is 2.58. The van der Waals surface area contributed by atoms with Crippen LogP contribution in [0.3, 0.4) is 0 Å². The Balaban J connectivity index is 2.12. The number of amides is 1. The van der Waals surface area contributed by atoms with Gasteiger partial charge in [0.15, 0.2) is 0 Å². The van der Waals surface area contributed by atoms with Gasteiger partial charge >= 0.3 is 0 Å². The fraction of sp³-hybridized carbons (Fsp3) is 0.417. The molecule has 0 aliphatic heterocycles. The van der Waals surface area contributed by atoms with Gasteiger partial charge in [0.1, 0.15) is 0 Å². The summed E-state index contributed by atoms with van der Waals surface area (Å²) in [5.74, 6) is -0.0803. The maximum atomic E-state index is 11.9. The molecule has 1 fully saturated rings. The summed E-state index contributed by atoms with van der Waals surface area (Å²) < 4.78 is 0.892. The smallest absolute Gasteiger partial charge is 0.244 e. The van der Waals surface area contributed by atoms with Gasteiger partial charge < -0.3 is 11.1 Å². The zero-order chi connectivity index (χ0) is 11.8. The standard InChI is InChI=1S/C12H15BrN2O/c1-8-3-4-10(9(13)7-8)15-11(16)12(14)5-2-6-12/h3-4,7H,2,5-6,14H2,1H3,(H,15,16). The molecule has 3 N–H and O–H groups in total. The number of nitrogens with two attached hydrogens (primary N) is 1. The lowest BCUT2D eigenvalue weighted by Gasteiger charge is -2.36. The Morgan fingerprint density at radius 1 is 1.50 bits per heavy atom. The van der Waals surface area contributed by atoms with Gasteiger partial charge in [-0.05, 0) is 59.8 Å². The number of rotatable bonds is 2. The quantitative estimate of drug-likeness (QED) is 0.876. The van der Waals surface area contributed by atoms with Crippen LogP contribution in [0, 0.1) is 6.92 Å². The fourth-order valence-electron chi connectivity index (χ4n) is 1.75. The van der Waals surface area contributed by atoms with Crippen molar-refractivity contribution in [2.24, 2.45) is 5.73 Å². The maximum absolute atomic E-state index is 11.9. The molecular weight excluding hydrogens is 268 g/mol. The van der Waals surface area contributed by atoms with E-state index in [1.807, 2.05) is 25.1 Å². The van der Waals surface area contributed by atoms with Crippen LogP contribution < -0.4 is 11.1 Å². The third-order valence-corrected chi connectivity index (χ3v) is 3.73. The average molecular weight is 283 g/mol. The highest BCUT2D eigenvalue weighted by molar-refractivity contribution is 9.10. The van der Waals surface area contributed by atoms with Crippen LogP contribution in [0.5, 0.6) is 0 Å². The van der Waals surface area contributed by atoms with E-state index in [4.69, 9.17) is 5.73 Å². The highest BCUT2D eigenvalue weighted by Gasteiger charge is 2.40. The van der Waals surface area contributed by atoms with E-state index in [1.165, 1.54) is 0 Å². The molecule has 1 amide bonds. The summed E-state index contributed by atoms with van der Waals surface area (Å²) in [5, 5.41) is 2.87. The minimum atomic E-state index is -0.648. The number of hydrogen-bond donors (Lipinski definition) is 2. The first-order chi connectivity index (χ1) is 7.51. The van der Waals surface area contributed by atoms with E-state index in [1.54, 1.807) is 0 Å². The van der Waals surface area contributed by atoms with Gasteiger partial charge in [-0.1, -0.05) is 6.07 Å². The monoisotopic (exact) mass is 282 g/mol. The van der Waals surface area contributed by atoms with Crippen LogP contribution in [0.4, 0.5) is 5.69 Å². The third-order valence-electron chi connectivity index (χ3n) is 3.07. The van der Waals surface area contributed by atoms with Gasteiger partial charge in [0.2, 0.25) is 5.91 Å². The molecule has 1 aliphatic rings. The molecule has 86 valence electrons. The molecule has 0 spiro atoms. The molecule has 0 bridgehead atoms. The van der Waals surface area contributed by atoms with Gasteiger partial charge in [0.25, 0.3) is 0 Å². The Kier molecular flexibility index (Phi) is 3.04. The number of benzene rings is 1. The van der Waals surface area contributed by atoms with Crippen LogP contribution in [0.15, 0.2) is 22.7 Å². The highest BCUT2D eigenvalue weighted by Crippen LogP contribution is 2.31. The molecule has 1 saturated carbocycles. The third kappa shape index (κ3) is 2.13. The van der Waals surface area contributed by atoms with Crippen LogP contribution >= 0.6 is 15.9 Å². The second-order valence-electron chi connectivity index (χ2n) is 4.45. The van der Waals surface area contributed by atoms with Gasteiger partial charge in [-0.15, -0.1) is 0 Å². The van der Waals surface area contributed by atoms with Crippen LogP contribution in [-0.2, 0) is 4.79 Å². The molecule has 1 aliphatic carbocycles. The van der Waals surface area contributed by atoms with Crippen molar-refractivity contribution in [2.75, 3.05) is 5.32 Å². The molecule has 0 unspecified atom stereocenters. The molecule has 0 heterocycles. The number of carbonyl (C=O) groups excluding carboxylic acids is 1. The molecule has 16 heavy (non-hydrogen) atoms. The summed E-state index contributed by atoms with van der Waals surface area (Å²) in [4.78, 5) is 11.9. The maximum Gasteiger partial charge on any atom is 0.244 e. The van der Waals surface area contributed by atoms with E-state index in [-0.39, 0.29) is 5.91 Å². The van der Waals surface area contributed by atoms with Gasteiger partial charge in [-0.3, -0.25) is 4.79 Å². The Labute approximate surface area is 104 Å². The second-order valence-corrected chi connectivity index (χ2v) is 5.30. The van der Waals surface area contributed by atoms with E-state index in [9.17, 15) is 4.79 Å². The van der Waals surface area contributed by atoms with Gasteiger partial charge in [0.05, 0.1) is 11.2 Å². The number of hydrogen-bond acceptors (Lipinski definition) is 2. The SMILES string of the molecule is Cc1ccc(NC(=O)C2(N)CCC2)c(Br)c1. The number of carbonyl (C=O) groups is 1. The molecule has 0 radical (unpaired) electrons. The molecule has 0 atom stereocenters. The first kappa shape index (κ1) is 11.6. The van der Waals surface area contributed by atoms with E-state index in [0.29, 0.717) is 0 Å². The summed E-state index contributed by atoms with van der Waals surface area (Å²) in [6.07, 6.45) is 2.60. The summed E-state index contributed by atoms with van der Waals surface area (Å²) >= 11 is 3.43. The highest BCUT2D eigenvalue weighted by atomic mass is 79.9. The minimum Gasteiger partial charge on any atom is -0.323 e. The Hall–Kier alpha value is -0.870. The summed E-state index contributed by atoms with van der Waals surface area (Å²) in [6, 6.07) is 5.82. The van der Waals surface area contributed by atoms with Crippen LogP contribution in [0.25, 0.3) is 0 Å². The van der Waals surface area contributed by atoms with Crippen LogP contribution in [0.2, 0.25) is 0 Å². The van der Waals surface area contributed by atoms with Gasteiger partial charge in [0, 0.05) is 4.47 Å². The zero-order valence-electron chi connectivity index (χ0n) is 9.22. The lowest BCUT2D eigenvalue weighted by molar-refractivity contribution is -0.123. The fourth-order valence-corrected chi connectivity index (χ4v) is 2.35. The minimum absolute atomic E-state index is 0.0803. The van der Waals surface area contributed by atoms with Gasteiger partial charge in [-0.25, -0.2) is 0 Å². The largest absolute Gasteiger partial charge is 0.323 e. The molecular formula is C12H15BrN2O. The first-order valence-electron chi connectivity index (χ1n) is 5.38. The van der Waals surface area contributed by atoms with Crippen molar-refractivity contribution in [3.05, 3.63) is 28.2 Å². The number of halogens is 1. The Morgan fingerprint density at radius 2 is 2.19 bits per heavy atom. The average Bonchev–Trinajstić information content (AvgIpc) is 2.18. The normalized spacial score (nSPS) is 17.7. The van der Waals surface area contributed by atoms with Crippen molar-refractivity contribution in [2.45, 2.75) is 31.7 Å². The van der Waals surface area contributed by atoms with E-state index >= 15 is 0 Å². The topological polar surface area (TPSA) is 55.1 Å². The van der Waals surface area contributed by atoms with Crippen molar-refractivity contribution in [1.82, 2.24) is 0 Å². The van der Waals surface area contributed by atoms with Crippen molar-refractivity contribution in [3.63, 3.8) is 0 Å². The lowest BCUT2D eigenvalue weighted by Crippen LogP contribution is -2.56. The van der Waals surface area contributed by atoms with Crippen molar-refractivity contribution < 1.29 is 4.79 Å². The lowest BCUT2D eigenvalue weighted by atomic mass is 9.77. The first-order valence-corrected chi connectivity index (χ1v) is 6.17. The molecule has 3 nitrogen and oxygen atoms in total. The van der Waals surface area contributed by atoms with Crippen molar-refractivity contribution in [3.8, 4) is 0 Å².